The third-order valence-corrected chi connectivity index (χ3v) is 5.33. The summed E-state index contributed by atoms with van der Waals surface area (Å²) in [6, 6.07) is 22.4. The largest absolute Gasteiger partial charge is 2.00 e. The molecule has 0 aliphatic rings. The number of aromatic nitrogens is 4. The smallest absolute Gasteiger partial charge is 0.741 e. The molecule has 0 aliphatic heterocycles. The summed E-state index contributed by atoms with van der Waals surface area (Å²) in [6.07, 6.45) is 10.1. The van der Waals surface area contributed by atoms with E-state index in [2.05, 4.69) is 64.1 Å². The van der Waals surface area contributed by atoms with Gasteiger partial charge >= 0.3 is 17.1 Å². The number of hydrazone groups is 2. The molecule has 0 spiro atoms. The second-order valence-electron chi connectivity index (χ2n) is 7.87. The van der Waals surface area contributed by atoms with Crippen molar-refractivity contribution in [2.45, 2.75) is 0 Å². The molecule has 43 heavy (non-hydrogen) atoms. The van der Waals surface area contributed by atoms with Crippen LogP contribution in [-0.4, -0.2) is 54.8 Å². The third-order valence-electron chi connectivity index (χ3n) is 4.88. The fourth-order valence-electron chi connectivity index (χ4n) is 3.08. The second-order valence-corrected chi connectivity index (χ2v) is 8.65. The summed E-state index contributed by atoms with van der Waals surface area (Å²) in [4.78, 5) is 25.3. The van der Waals surface area contributed by atoms with Crippen molar-refractivity contribution in [3.8, 4) is 0 Å². The van der Waals surface area contributed by atoms with Gasteiger partial charge in [0.1, 0.15) is 11.4 Å². The van der Waals surface area contributed by atoms with E-state index in [-0.39, 0.29) is 17.1 Å². The van der Waals surface area contributed by atoms with Crippen LogP contribution in [0.25, 0.3) is 0 Å². The minimum atomic E-state index is 0. The summed E-state index contributed by atoms with van der Waals surface area (Å²) >= 11 is 10.1. The SMILES string of the molecule is C=CCN=C([S-])NN=C(c1ccccn1)c1ccccn1.C=CCN=C([S-])NN=C(c1ccccn1)c1ccccn1.[Mn+2]. The maximum atomic E-state index is 5.06. The minimum Gasteiger partial charge on any atom is -0.741 e. The molecule has 0 amide bonds. The van der Waals surface area contributed by atoms with E-state index in [0.29, 0.717) is 57.6 Å². The normalized spacial score (nSPS) is 10.5. The molecule has 0 saturated carbocycles. The van der Waals surface area contributed by atoms with Crippen LogP contribution in [0.15, 0.2) is 143 Å². The molecular weight excluding hydrogens is 619 g/mol. The molecule has 1 radical (unpaired) electrons. The second kappa shape index (κ2) is 20.2. The molecule has 13 heteroatoms. The van der Waals surface area contributed by atoms with E-state index < -0.39 is 0 Å². The number of aliphatic imine (C=N–C) groups is 2. The van der Waals surface area contributed by atoms with Crippen LogP contribution in [0.1, 0.15) is 22.8 Å². The first-order valence-corrected chi connectivity index (χ1v) is 13.4. The molecule has 0 unspecified atom stereocenters. The van der Waals surface area contributed by atoms with Crippen LogP contribution in [0.5, 0.6) is 0 Å². The molecule has 0 aliphatic carbocycles. The molecule has 4 aromatic rings. The van der Waals surface area contributed by atoms with Crippen molar-refractivity contribution in [2.75, 3.05) is 13.1 Å². The summed E-state index contributed by atoms with van der Waals surface area (Å²) in [5.41, 5.74) is 9.50. The average Bonchev–Trinajstić information content (AvgIpc) is 3.05. The molecule has 10 nitrogen and oxygen atoms in total. The summed E-state index contributed by atoms with van der Waals surface area (Å²) in [7, 11) is 0. The Morgan fingerprint density at radius 3 is 1.12 bits per heavy atom. The molecule has 4 aromatic heterocycles. The van der Waals surface area contributed by atoms with Gasteiger partial charge in [0.25, 0.3) is 0 Å². The van der Waals surface area contributed by atoms with E-state index >= 15 is 0 Å². The summed E-state index contributed by atoms with van der Waals surface area (Å²) < 4.78 is 0. The molecule has 217 valence electrons. The summed E-state index contributed by atoms with van der Waals surface area (Å²) in [6.45, 7) is 8.07. The number of amidine groups is 2. The number of hydrogen-bond acceptors (Lipinski definition) is 10. The zero-order valence-corrected chi connectivity index (χ0v) is 25.8. The maximum absolute atomic E-state index is 5.06. The Hall–Kier alpha value is -4.68. The van der Waals surface area contributed by atoms with Crippen molar-refractivity contribution in [1.29, 1.82) is 0 Å². The van der Waals surface area contributed by atoms with Gasteiger partial charge in [-0.25, -0.2) is 0 Å². The van der Waals surface area contributed by atoms with E-state index in [1.807, 2.05) is 72.8 Å². The molecular formula is C30H28MnN10S2. The number of nitrogens with one attached hydrogen (secondary N) is 2. The van der Waals surface area contributed by atoms with Crippen molar-refractivity contribution < 1.29 is 17.1 Å². The monoisotopic (exact) mass is 647 g/mol. The van der Waals surface area contributed by atoms with Crippen LogP contribution < -0.4 is 10.9 Å². The summed E-state index contributed by atoms with van der Waals surface area (Å²) in [5, 5.41) is 9.16. The Labute approximate surface area is 272 Å². The number of rotatable bonds is 10. The van der Waals surface area contributed by atoms with Crippen LogP contribution >= 0.6 is 0 Å². The number of nitrogens with zero attached hydrogens (tertiary/aromatic N) is 8. The van der Waals surface area contributed by atoms with Gasteiger partial charge in [0, 0.05) is 24.8 Å². The standard InChI is InChI=1S/2C15H15N5S.Mn/c2*1-2-9-18-15(21)20-19-14(12-7-3-5-10-16-12)13-8-4-6-11-17-13;/h2*2-8,10-11H,1,9H2,(H2,18,20,21);/q;;+2/p-2. The quantitative estimate of drug-likeness (QED) is 0.0665. The van der Waals surface area contributed by atoms with Crippen molar-refractivity contribution in [2.24, 2.45) is 20.2 Å². The molecule has 0 atom stereocenters. The van der Waals surface area contributed by atoms with Crippen LogP contribution in [0.4, 0.5) is 0 Å². The molecule has 0 aromatic carbocycles. The molecule has 0 saturated heterocycles. The van der Waals surface area contributed by atoms with E-state index in [1.165, 1.54) is 0 Å². The third kappa shape index (κ3) is 12.4. The molecule has 4 rings (SSSR count). The van der Waals surface area contributed by atoms with Gasteiger partial charge in [-0.2, -0.15) is 10.2 Å². The van der Waals surface area contributed by atoms with Crippen LogP contribution in [-0.2, 0) is 42.3 Å². The zero-order valence-electron chi connectivity index (χ0n) is 23.0. The number of pyridine rings is 4. The molecule has 4 heterocycles. The Bertz CT molecular complexity index is 1320. The Morgan fingerprint density at radius 1 is 0.581 bits per heavy atom. The van der Waals surface area contributed by atoms with E-state index in [0.717, 1.165) is 0 Å². The summed E-state index contributed by atoms with van der Waals surface area (Å²) in [5.74, 6) is 0. The van der Waals surface area contributed by atoms with E-state index in [1.54, 1.807) is 36.9 Å². The van der Waals surface area contributed by atoms with Gasteiger partial charge in [0.05, 0.1) is 35.9 Å². The van der Waals surface area contributed by atoms with Gasteiger partial charge in [0.15, 0.2) is 0 Å². The number of hydrogen-bond donors (Lipinski definition) is 2. The Morgan fingerprint density at radius 2 is 0.884 bits per heavy atom. The van der Waals surface area contributed by atoms with Crippen LogP contribution in [0, 0.1) is 0 Å². The van der Waals surface area contributed by atoms with Gasteiger partial charge in [-0.3, -0.25) is 40.8 Å². The predicted octanol–water partition coefficient (Wildman–Crippen LogP) is 3.81. The maximum Gasteiger partial charge on any atom is 2.00 e. The molecule has 0 bridgehead atoms. The first kappa shape index (κ1) is 34.5. The van der Waals surface area contributed by atoms with E-state index in [4.69, 9.17) is 25.3 Å². The zero-order chi connectivity index (χ0) is 29.8. The van der Waals surface area contributed by atoms with Gasteiger partial charge in [-0.05, 0) is 58.9 Å². The first-order valence-electron chi connectivity index (χ1n) is 12.6. The van der Waals surface area contributed by atoms with Gasteiger partial charge in [0.2, 0.25) is 0 Å². The van der Waals surface area contributed by atoms with Crippen molar-refractivity contribution in [3.05, 3.63) is 146 Å². The van der Waals surface area contributed by atoms with Crippen molar-refractivity contribution in [1.82, 2.24) is 30.8 Å². The first-order chi connectivity index (χ1) is 20.6. The Kier molecular flexibility index (Phi) is 16.2. The van der Waals surface area contributed by atoms with Crippen LogP contribution in [0.3, 0.4) is 0 Å². The molecule has 2 N–H and O–H groups in total. The Balaban J connectivity index is 0.000000293. The fourth-order valence-corrected chi connectivity index (χ4v) is 3.32. The topological polar surface area (TPSA) is 125 Å². The van der Waals surface area contributed by atoms with E-state index in [9.17, 15) is 0 Å². The van der Waals surface area contributed by atoms with Gasteiger partial charge < -0.3 is 25.3 Å². The van der Waals surface area contributed by atoms with Gasteiger partial charge in [-0.15, -0.1) is 13.2 Å². The van der Waals surface area contributed by atoms with Crippen molar-refractivity contribution >= 4 is 47.0 Å². The van der Waals surface area contributed by atoms with Crippen LogP contribution in [0.2, 0.25) is 0 Å². The average molecular weight is 648 g/mol. The molecule has 0 fully saturated rings. The minimum absolute atomic E-state index is 0. The van der Waals surface area contributed by atoms with Gasteiger partial charge in [-0.1, -0.05) is 36.4 Å². The van der Waals surface area contributed by atoms with Crippen molar-refractivity contribution in [3.63, 3.8) is 0 Å². The predicted molar refractivity (Wildman–Crippen MR) is 174 cm³/mol. The fraction of sp³-hybridized carbons (Fsp3) is 0.0667.